The van der Waals surface area contributed by atoms with Crippen molar-refractivity contribution < 1.29 is 13.2 Å². The van der Waals surface area contributed by atoms with Gasteiger partial charge in [-0.25, -0.2) is 13.1 Å². The lowest BCUT2D eigenvalue weighted by atomic mass is 10.2. The fraction of sp³-hybridized carbons (Fsp3) is 0.300. The number of aromatic nitrogens is 8. The van der Waals surface area contributed by atoms with Gasteiger partial charge in [0.1, 0.15) is 10.6 Å². The standard InChI is InChI=1S/C20H22N10O3S/c1-26-14-17(13-21-26)34(32,33)29-11-9-27(10-12-29)20(31)18-7-8-28(23-18)15-30-24-19(22-25-30)16-5-3-2-4-6-16/h2-8,13-14H,9-12,15H2,1H3. The molecule has 0 bridgehead atoms. The van der Waals surface area contributed by atoms with E-state index in [4.69, 9.17) is 0 Å². The third-order valence-electron chi connectivity index (χ3n) is 5.46. The minimum Gasteiger partial charge on any atom is -0.335 e. The van der Waals surface area contributed by atoms with Gasteiger partial charge in [0.05, 0.1) is 6.20 Å². The lowest BCUT2D eigenvalue weighted by molar-refractivity contribution is 0.0690. The zero-order valence-electron chi connectivity index (χ0n) is 18.3. The van der Waals surface area contributed by atoms with Crippen LogP contribution in [0.1, 0.15) is 10.5 Å². The molecule has 1 saturated heterocycles. The van der Waals surface area contributed by atoms with E-state index in [0.717, 1.165) is 5.56 Å². The zero-order valence-corrected chi connectivity index (χ0v) is 19.2. The number of nitrogens with zero attached hydrogens (tertiary/aromatic N) is 10. The van der Waals surface area contributed by atoms with E-state index in [0.29, 0.717) is 5.82 Å². The second kappa shape index (κ2) is 8.79. The molecule has 0 N–H and O–H groups in total. The Hall–Kier alpha value is -3.91. The van der Waals surface area contributed by atoms with Crippen molar-refractivity contribution in [2.45, 2.75) is 11.6 Å². The van der Waals surface area contributed by atoms with Crippen molar-refractivity contribution in [2.24, 2.45) is 7.05 Å². The molecule has 3 aromatic heterocycles. The number of amides is 1. The molecule has 14 heteroatoms. The second-order valence-electron chi connectivity index (χ2n) is 7.78. The van der Waals surface area contributed by atoms with E-state index in [9.17, 15) is 13.2 Å². The molecule has 1 amide bonds. The first kappa shape index (κ1) is 21.9. The van der Waals surface area contributed by atoms with Gasteiger partial charge in [0.15, 0.2) is 6.67 Å². The molecule has 4 aromatic rings. The van der Waals surface area contributed by atoms with Gasteiger partial charge in [-0.15, -0.1) is 15.0 Å². The summed E-state index contributed by atoms with van der Waals surface area (Å²) in [6, 6.07) is 11.1. The van der Waals surface area contributed by atoms with E-state index < -0.39 is 10.0 Å². The first-order chi connectivity index (χ1) is 16.4. The van der Waals surface area contributed by atoms with Gasteiger partial charge in [-0.2, -0.15) is 14.5 Å². The number of tetrazole rings is 1. The van der Waals surface area contributed by atoms with Crippen LogP contribution in [0.15, 0.2) is 59.9 Å². The van der Waals surface area contributed by atoms with E-state index in [1.165, 1.54) is 26.2 Å². The summed E-state index contributed by atoms with van der Waals surface area (Å²) in [6.07, 6.45) is 4.46. The molecule has 1 aliphatic rings. The number of hydrogen-bond acceptors (Lipinski definition) is 8. The van der Waals surface area contributed by atoms with Gasteiger partial charge < -0.3 is 4.90 Å². The summed E-state index contributed by atoms with van der Waals surface area (Å²) in [6.45, 7) is 1.15. The predicted octanol–water partition coefficient (Wildman–Crippen LogP) is -0.0774. The SMILES string of the molecule is Cn1cc(S(=O)(=O)N2CCN(C(=O)c3ccn(Cn4nnc(-c5ccccc5)n4)n3)CC2)cn1. The van der Waals surface area contributed by atoms with E-state index >= 15 is 0 Å². The van der Waals surface area contributed by atoms with E-state index in [2.05, 4.69) is 25.6 Å². The number of piperazine rings is 1. The lowest BCUT2D eigenvalue weighted by Crippen LogP contribution is -2.50. The molecule has 0 unspecified atom stereocenters. The maximum absolute atomic E-state index is 12.9. The van der Waals surface area contributed by atoms with Crippen molar-refractivity contribution in [3.05, 3.63) is 60.7 Å². The lowest BCUT2D eigenvalue weighted by Gasteiger charge is -2.33. The van der Waals surface area contributed by atoms with Crippen LogP contribution in [0.3, 0.4) is 0 Å². The smallest absolute Gasteiger partial charge is 0.274 e. The molecule has 1 aliphatic heterocycles. The Morgan fingerprint density at radius 3 is 2.50 bits per heavy atom. The average molecular weight is 483 g/mol. The molecule has 34 heavy (non-hydrogen) atoms. The highest BCUT2D eigenvalue weighted by molar-refractivity contribution is 7.89. The molecule has 13 nitrogen and oxygen atoms in total. The predicted molar refractivity (Wildman–Crippen MR) is 119 cm³/mol. The van der Waals surface area contributed by atoms with E-state index in [1.54, 1.807) is 28.9 Å². The normalized spacial score (nSPS) is 15.0. The maximum atomic E-state index is 12.9. The monoisotopic (exact) mass is 482 g/mol. The van der Waals surface area contributed by atoms with Crippen molar-refractivity contribution in [3.63, 3.8) is 0 Å². The highest BCUT2D eigenvalue weighted by Gasteiger charge is 2.31. The fourth-order valence-corrected chi connectivity index (χ4v) is 5.07. The van der Waals surface area contributed by atoms with E-state index in [1.807, 2.05) is 30.3 Å². The Bertz CT molecular complexity index is 1400. The van der Waals surface area contributed by atoms with Crippen molar-refractivity contribution in [3.8, 4) is 11.4 Å². The molecule has 5 rings (SSSR count). The summed E-state index contributed by atoms with van der Waals surface area (Å²) in [4.78, 5) is 16.0. The summed E-state index contributed by atoms with van der Waals surface area (Å²) in [5.41, 5.74) is 1.13. The van der Waals surface area contributed by atoms with Crippen LogP contribution in [-0.2, 0) is 23.7 Å². The highest BCUT2D eigenvalue weighted by atomic mass is 32.2. The fourth-order valence-electron chi connectivity index (χ4n) is 3.66. The number of aryl methyl sites for hydroxylation is 1. The summed E-state index contributed by atoms with van der Waals surface area (Å²) in [5, 5.41) is 20.7. The zero-order chi connectivity index (χ0) is 23.7. The molecule has 0 radical (unpaired) electrons. The van der Waals surface area contributed by atoms with Crippen LogP contribution >= 0.6 is 0 Å². The maximum Gasteiger partial charge on any atom is 0.274 e. The van der Waals surface area contributed by atoms with Gasteiger partial charge in [0.25, 0.3) is 5.91 Å². The molecule has 0 atom stereocenters. The average Bonchev–Trinajstić information content (AvgIpc) is 3.61. The third-order valence-corrected chi connectivity index (χ3v) is 7.31. The van der Waals surface area contributed by atoms with Crippen LogP contribution in [-0.4, -0.2) is 89.5 Å². The Morgan fingerprint density at radius 2 is 1.79 bits per heavy atom. The first-order valence-electron chi connectivity index (χ1n) is 10.5. The van der Waals surface area contributed by atoms with Gasteiger partial charge in [-0.3, -0.25) is 9.48 Å². The molecule has 0 spiro atoms. The van der Waals surface area contributed by atoms with Crippen LogP contribution in [0.2, 0.25) is 0 Å². The molecule has 1 fully saturated rings. The molecule has 0 aliphatic carbocycles. The van der Waals surface area contributed by atoms with Crippen LogP contribution < -0.4 is 0 Å². The second-order valence-corrected chi connectivity index (χ2v) is 9.72. The number of rotatable bonds is 6. The quantitative estimate of drug-likeness (QED) is 0.372. The Morgan fingerprint density at radius 1 is 1.03 bits per heavy atom. The number of hydrogen-bond donors (Lipinski definition) is 0. The number of benzene rings is 1. The van der Waals surface area contributed by atoms with Crippen LogP contribution in [0.25, 0.3) is 11.4 Å². The van der Waals surface area contributed by atoms with Crippen molar-refractivity contribution in [1.82, 2.24) is 49.0 Å². The summed E-state index contributed by atoms with van der Waals surface area (Å²) < 4.78 is 29.9. The number of carbonyl (C=O) groups is 1. The van der Waals surface area contributed by atoms with Crippen LogP contribution in [0.4, 0.5) is 0 Å². The molecule has 176 valence electrons. The molecule has 1 aromatic carbocycles. The Balaban J connectivity index is 1.20. The summed E-state index contributed by atoms with van der Waals surface area (Å²) in [7, 11) is -1.97. The summed E-state index contributed by atoms with van der Waals surface area (Å²) >= 11 is 0. The molecule has 4 heterocycles. The Labute approximate surface area is 195 Å². The van der Waals surface area contributed by atoms with Crippen molar-refractivity contribution in [2.75, 3.05) is 26.2 Å². The van der Waals surface area contributed by atoms with E-state index in [-0.39, 0.29) is 49.3 Å². The summed E-state index contributed by atoms with van der Waals surface area (Å²) in [5.74, 6) is 0.247. The molecule has 0 saturated carbocycles. The minimum atomic E-state index is -3.63. The third kappa shape index (κ3) is 4.32. The van der Waals surface area contributed by atoms with Crippen molar-refractivity contribution >= 4 is 15.9 Å². The van der Waals surface area contributed by atoms with Crippen LogP contribution in [0, 0.1) is 0 Å². The Kier molecular flexibility index (Phi) is 5.67. The minimum absolute atomic E-state index is 0.144. The van der Waals surface area contributed by atoms with Crippen molar-refractivity contribution in [1.29, 1.82) is 0 Å². The highest BCUT2D eigenvalue weighted by Crippen LogP contribution is 2.18. The van der Waals surface area contributed by atoms with Gasteiger partial charge in [-0.05, 0) is 11.3 Å². The van der Waals surface area contributed by atoms with Gasteiger partial charge in [-0.1, -0.05) is 30.3 Å². The molecular formula is C20H22N10O3S. The van der Waals surface area contributed by atoms with Gasteiger partial charge in [0.2, 0.25) is 15.8 Å². The topological polar surface area (TPSA) is 137 Å². The van der Waals surface area contributed by atoms with Crippen LogP contribution in [0.5, 0.6) is 0 Å². The number of sulfonamides is 1. The molecular weight excluding hydrogens is 460 g/mol. The van der Waals surface area contributed by atoms with Gasteiger partial charge in [0, 0.05) is 51.2 Å². The first-order valence-corrected chi connectivity index (χ1v) is 12.0. The van der Waals surface area contributed by atoms with Gasteiger partial charge >= 0.3 is 0 Å². The number of carbonyl (C=O) groups excluding carboxylic acids is 1. The largest absolute Gasteiger partial charge is 0.335 e.